The number of halogens is 2. The fraction of sp³-hybridized carbons (Fsp3) is 0.133. The number of hydrogen-bond acceptors (Lipinski definition) is 4. The van der Waals surface area contributed by atoms with E-state index in [1.807, 2.05) is 41.9 Å². The zero-order valence-corrected chi connectivity index (χ0v) is 14.0. The minimum Gasteiger partial charge on any atom is -0.305 e. The summed E-state index contributed by atoms with van der Waals surface area (Å²) in [6.45, 7) is 0. The zero-order valence-electron chi connectivity index (χ0n) is 11.7. The second-order valence-corrected chi connectivity index (χ2v) is 6.42. The number of benzene rings is 1. The average Bonchev–Trinajstić information content (AvgIpc) is 2.89. The molecule has 3 rings (SSSR count). The molecule has 0 saturated carbocycles. The number of thioether (sulfide) groups is 1. The van der Waals surface area contributed by atoms with Gasteiger partial charge in [0, 0.05) is 29.6 Å². The molecule has 0 bridgehead atoms. The molecule has 0 amide bonds. The lowest BCUT2D eigenvalue weighted by Gasteiger charge is -2.04. The first-order valence-corrected chi connectivity index (χ1v) is 8.26. The number of pyridine rings is 1. The summed E-state index contributed by atoms with van der Waals surface area (Å²) < 4.78 is 1.97. The standard InChI is InChI=1S/C15H12Cl2N4S/c1-21-14(11-3-5-12(16)6-4-11)19-20-15(21)22-9-10-2-7-13(17)18-8-10/h2-8H,9H2,1H3. The summed E-state index contributed by atoms with van der Waals surface area (Å²) in [5.41, 5.74) is 2.07. The van der Waals surface area contributed by atoms with E-state index in [1.165, 1.54) is 0 Å². The highest BCUT2D eigenvalue weighted by Crippen LogP contribution is 2.26. The van der Waals surface area contributed by atoms with Crippen molar-refractivity contribution in [3.63, 3.8) is 0 Å². The molecule has 0 unspecified atom stereocenters. The average molecular weight is 351 g/mol. The van der Waals surface area contributed by atoms with E-state index in [9.17, 15) is 0 Å². The molecule has 4 nitrogen and oxygen atoms in total. The van der Waals surface area contributed by atoms with Gasteiger partial charge < -0.3 is 4.57 Å². The molecular weight excluding hydrogens is 339 g/mol. The van der Waals surface area contributed by atoms with Crippen LogP contribution in [0.5, 0.6) is 0 Å². The van der Waals surface area contributed by atoms with Gasteiger partial charge in [0.25, 0.3) is 0 Å². The Morgan fingerprint density at radius 3 is 2.50 bits per heavy atom. The van der Waals surface area contributed by atoms with E-state index in [0.717, 1.165) is 27.9 Å². The van der Waals surface area contributed by atoms with Crippen molar-refractivity contribution >= 4 is 35.0 Å². The molecule has 0 aliphatic carbocycles. The number of hydrogen-bond donors (Lipinski definition) is 0. The first-order chi connectivity index (χ1) is 10.6. The maximum Gasteiger partial charge on any atom is 0.191 e. The Labute approximate surface area is 142 Å². The number of nitrogens with zero attached hydrogens (tertiary/aromatic N) is 4. The fourth-order valence-corrected chi connectivity index (χ4v) is 3.01. The molecule has 0 aliphatic rings. The van der Waals surface area contributed by atoms with Gasteiger partial charge in [-0.05, 0) is 35.9 Å². The topological polar surface area (TPSA) is 43.6 Å². The van der Waals surface area contributed by atoms with Crippen LogP contribution in [0, 0.1) is 0 Å². The lowest BCUT2D eigenvalue weighted by molar-refractivity contribution is 0.794. The lowest BCUT2D eigenvalue weighted by atomic mass is 10.2. The third kappa shape index (κ3) is 3.43. The Morgan fingerprint density at radius 2 is 1.82 bits per heavy atom. The molecule has 0 spiro atoms. The van der Waals surface area contributed by atoms with Crippen molar-refractivity contribution in [2.45, 2.75) is 10.9 Å². The molecule has 3 aromatic rings. The van der Waals surface area contributed by atoms with Gasteiger partial charge in [-0.3, -0.25) is 0 Å². The van der Waals surface area contributed by atoms with E-state index in [4.69, 9.17) is 23.2 Å². The molecule has 0 N–H and O–H groups in total. The quantitative estimate of drug-likeness (QED) is 0.514. The molecule has 7 heteroatoms. The van der Waals surface area contributed by atoms with E-state index < -0.39 is 0 Å². The van der Waals surface area contributed by atoms with Crippen molar-refractivity contribution in [2.24, 2.45) is 7.05 Å². The Bertz CT molecular complexity index is 769. The summed E-state index contributed by atoms with van der Waals surface area (Å²) in [5.74, 6) is 1.57. The summed E-state index contributed by atoms with van der Waals surface area (Å²) in [7, 11) is 1.95. The van der Waals surface area contributed by atoms with Crippen molar-refractivity contribution in [2.75, 3.05) is 0 Å². The largest absolute Gasteiger partial charge is 0.305 e. The van der Waals surface area contributed by atoms with Crippen LogP contribution in [0.1, 0.15) is 5.56 Å². The van der Waals surface area contributed by atoms with E-state index in [2.05, 4.69) is 15.2 Å². The van der Waals surface area contributed by atoms with Crippen LogP contribution in [0.15, 0.2) is 47.8 Å². The summed E-state index contributed by atoms with van der Waals surface area (Å²) in [6.07, 6.45) is 1.77. The van der Waals surface area contributed by atoms with Crippen LogP contribution in [0.4, 0.5) is 0 Å². The van der Waals surface area contributed by atoms with Crippen LogP contribution in [-0.2, 0) is 12.8 Å². The van der Waals surface area contributed by atoms with Gasteiger partial charge in [-0.2, -0.15) is 0 Å². The van der Waals surface area contributed by atoms with Gasteiger partial charge in [0.05, 0.1) is 0 Å². The van der Waals surface area contributed by atoms with Crippen LogP contribution < -0.4 is 0 Å². The van der Waals surface area contributed by atoms with Gasteiger partial charge in [0.2, 0.25) is 0 Å². The monoisotopic (exact) mass is 350 g/mol. The van der Waals surface area contributed by atoms with E-state index in [0.29, 0.717) is 10.2 Å². The second-order valence-electron chi connectivity index (χ2n) is 4.65. The molecule has 1 aromatic carbocycles. The van der Waals surface area contributed by atoms with Crippen LogP contribution in [-0.4, -0.2) is 19.7 Å². The lowest BCUT2D eigenvalue weighted by Crippen LogP contribution is -1.95. The van der Waals surface area contributed by atoms with Crippen molar-refractivity contribution in [1.82, 2.24) is 19.7 Å². The van der Waals surface area contributed by atoms with Crippen LogP contribution in [0.25, 0.3) is 11.4 Å². The zero-order chi connectivity index (χ0) is 15.5. The highest BCUT2D eigenvalue weighted by Gasteiger charge is 2.11. The maximum atomic E-state index is 5.91. The van der Waals surface area contributed by atoms with E-state index in [1.54, 1.807) is 24.0 Å². The number of rotatable bonds is 4. The highest BCUT2D eigenvalue weighted by molar-refractivity contribution is 7.98. The van der Waals surface area contributed by atoms with Crippen LogP contribution in [0.2, 0.25) is 10.2 Å². The van der Waals surface area contributed by atoms with E-state index >= 15 is 0 Å². The minimum atomic E-state index is 0.498. The normalized spacial score (nSPS) is 10.9. The molecule has 2 aromatic heterocycles. The second kappa shape index (κ2) is 6.69. The summed E-state index contributed by atoms with van der Waals surface area (Å²) in [4.78, 5) is 4.07. The third-order valence-corrected chi connectivity index (χ3v) is 4.66. The first kappa shape index (κ1) is 15.3. The van der Waals surface area contributed by atoms with Gasteiger partial charge in [-0.25, -0.2) is 4.98 Å². The van der Waals surface area contributed by atoms with Crippen molar-refractivity contribution in [1.29, 1.82) is 0 Å². The van der Waals surface area contributed by atoms with Crippen molar-refractivity contribution in [3.05, 3.63) is 58.3 Å². The van der Waals surface area contributed by atoms with Crippen LogP contribution >= 0.6 is 35.0 Å². The summed E-state index contributed by atoms with van der Waals surface area (Å²) >= 11 is 13.3. The molecule has 0 atom stereocenters. The molecule has 0 fully saturated rings. The van der Waals surface area contributed by atoms with Crippen LogP contribution in [0.3, 0.4) is 0 Å². The van der Waals surface area contributed by atoms with Gasteiger partial charge in [-0.1, -0.05) is 41.0 Å². The SMILES string of the molecule is Cn1c(SCc2ccc(Cl)nc2)nnc1-c1ccc(Cl)cc1. The van der Waals surface area contributed by atoms with Gasteiger partial charge in [-0.15, -0.1) is 10.2 Å². The Morgan fingerprint density at radius 1 is 1.05 bits per heavy atom. The predicted octanol–water partition coefficient (Wildman–Crippen LogP) is 4.48. The fourth-order valence-electron chi connectivity index (χ4n) is 1.93. The van der Waals surface area contributed by atoms with Gasteiger partial charge in [0.15, 0.2) is 11.0 Å². The highest BCUT2D eigenvalue weighted by atomic mass is 35.5. The van der Waals surface area contributed by atoms with E-state index in [-0.39, 0.29) is 0 Å². The van der Waals surface area contributed by atoms with Gasteiger partial charge in [0.1, 0.15) is 5.15 Å². The Kier molecular flexibility index (Phi) is 4.66. The Balaban J connectivity index is 1.75. The Hall–Kier alpha value is -1.56. The maximum absolute atomic E-state index is 5.91. The molecule has 0 saturated heterocycles. The summed E-state index contributed by atoms with van der Waals surface area (Å²) in [6, 6.07) is 11.3. The number of aromatic nitrogens is 4. The summed E-state index contributed by atoms with van der Waals surface area (Å²) in [5, 5.41) is 10.5. The van der Waals surface area contributed by atoms with Gasteiger partial charge >= 0.3 is 0 Å². The molecule has 22 heavy (non-hydrogen) atoms. The smallest absolute Gasteiger partial charge is 0.191 e. The molecular formula is C15H12Cl2N4S. The van der Waals surface area contributed by atoms with Crippen molar-refractivity contribution < 1.29 is 0 Å². The van der Waals surface area contributed by atoms with Crippen molar-refractivity contribution in [3.8, 4) is 11.4 Å². The predicted molar refractivity (Wildman–Crippen MR) is 90.3 cm³/mol. The third-order valence-electron chi connectivity index (χ3n) is 3.09. The first-order valence-electron chi connectivity index (χ1n) is 6.52. The molecule has 2 heterocycles. The molecule has 112 valence electrons. The molecule has 0 aliphatic heterocycles. The minimum absolute atomic E-state index is 0.498. The molecule has 0 radical (unpaired) electrons.